The number of amides is 2. The summed E-state index contributed by atoms with van der Waals surface area (Å²) in [4.78, 5) is 38.0. The standard InChI is InChI=1S/C23H27F5N2O4/c1-5-34-17(32)9-14(23(26,27)28)11(2)29-16(31)10-30-20-15(24)8-13(12-6-7-12)19(25)18(20)22(3,4)21(30)33/h8,11-12,14H,5-7,9-10H2,1-4H3,(H,29,31)/t11-,14+/m1/s1. The zero-order valence-electron chi connectivity index (χ0n) is 19.3. The number of carbonyl (C=O) groups excluding carboxylic acids is 3. The van der Waals surface area contributed by atoms with Gasteiger partial charge in [-0.1, -0.05) is 0 Å². The van der Waals surface area contributed by atoms with Crippen LogP contribution >= 0.6 is 0 Å². The van der Waals surface area contributed by atoms with E-state index in [1.54, 1.807) is 0 Å². The number of hydrogen-bond acceptors (Lipinski definition) is 4. The largest absolute Gasteiger partial charge is 0.466 e. The van der Waals surface area contributed by atoms with Gasteiger partial charge < -0.3 is 10.1 Å². The SMILES string of the molecule is CCOC(=O)C[C@@H]([C@@H](C)NC(=O)CN1C(=O)C(C)(C)c2c(F)c(C3CC3)cc(F)c21)C(F)(F)F. The molecule has 0 spiro atoms. The van der Waals surface area contributed by atoms with Gasteiger partial charge in [-0.15, -0.1) is 0 Å². The maximum atomic E-state index is 15.2. The van der Waals surface area contributed by atoms with E-state index in [1.165, 1.54) is 20.8 Å². The molecule has 0 bridgehead atoms. The minimum atomic E-state index is -4.81. The summed E-state index contributed by atoms with van der Waals surface area (Å²) in [5.74, 6) is -6.73. The lowest BCUT2D eigenvalue weighted by atomic mass is 9.84. The summed E-state index contributed by atoms with van der Waals surface area (Å²) in [5.41, 5.74) is -1.81. The van der Waals surface area contributed by atoms with Gasteiger partial charge in [-0.25, -0.2) is 8.78 Å². The molecule has 0 aromatic heterocycles. The number of rotatable bonds is 8. The highest BCUT2D eigenvalue weighted by molar-refractivity contribution is 6.10. The Labute approximate surface area is 193 Å². The van der Waals surface area contributed by atoms with Crippen molar-refractivity contribution in [2.75, 3.05) is 18.1 Å². The molecule has 1 aromatic rings. The van der Waals surface area contributed by atoms with Crippen molar-refractivity contribution in [2.45, 2.75) is 70.5 Å². The number of anilines is 1. The van der Waals surface area contributed by atoms with Crippen molar-refractivity contribution < 1.29 is 41.1 Å². The summed E-state index contributed by atoms with van der Waals surface area (Å²) in [5, 5.41) is 2.14. The molecule has 1 aliphatic heterocycles. The number of carbonyl (C=O) groups is 3. The molecule has 0 radical (unpaired) electrons. The Morgan fingerprint density at radius 1 is 1.26 bits per heavy atom. The van der Waals surface area contributed by atoms with Gasteiger partial charge in [0.05, 0.1) is 30.0 Å². The van der Waals surface area contributed by atoms with Crippen LogP contribution in [0.5, 0.6) is 0 Å². The van der Waals surface area contributed by atoms with Gasteiger partial charge >= 0.3 is 12.1 Å². The number of nitrogens with one attached hydrogen (secondary N) is 1. The summed E-state index contributed by atoms with van der Waals surface area (Å²) in [6.45, 7) is 4.44. The first-order chi connectivity index (χ1) is 15.7. The highest BCUT2D eigenvalue weighted by atomic mass is 19.4. The van der Waals surface area contributed by atoms with Gasteiger partial charge in [0.2, 0.25) is 11.8 Å². The Morgan fingerprint density at radius 3 is 2.41 bits per heavy atom. The van der Waals surface area contributed by atoms with Crippen molar-refractivity contribution in [2.24, 2.45) is 5.92 Å². The third-order valence-corrected chi connectivity index (χ3v) is 6.32. The van der Waals surface area contributed by atoms with Crippen LogP contribution in [0.3, 0.4) is 0 Å². The summed E-state index contributed by atoms with van der Waals surface area (Å²) in [6, 6.07) is -0.520. The smallest absolute Gasteiger partial charge is 0.394 e. The molecule has 3 rings (SSSR count). The second kappa shape index (κ2) is 9.14. The van der Waals surface area contributed by atoms with Crippen molar-refractivity contribution in [3.63, 3.8) is 0 Å². The molecule has 1 saturated carbocycles. The van der Waals surface area contributed by atoms with Crippen LogP contribution in [0, 0.1) is 17.6 Å². The van der Waals surface area contributed by atoms with E-state index < -0.39 is 65.9 Å². The molecule has 2 amide bonds. The second-order valence-corrected chi connectivity index (χ2v) is 9.29. The number of benzene rings is 1. The van der Waals surface area contributed by atoms with Crippen molar-refractivity contribution in [1.29, 1.82) is 0 Å². The molecule has 1 heterocycles. The van der Waals surface area contributed by atoms with Crippen molar-refractivity contribution in [3.05, 3.63) is 28.8 Å². The Bertz CT molecular complexity index is 1000. The third-order valence-electron chi connectivity index (χ3n) is 6.32. The van der Waals surface area contributed by atoms with E-state index in [1.807, 2.05) is 0 Å². The Kier molecular flexibility index (Phi) is 6.96. The number of hydrogen-bond donors (Lipinski definition) is 1. The quantitative estimate of drug-likeness (QED) is 0.440. The molecular formula is C23H27F5N2O4. The van der Waals surface area contributed by atoms with Gasteiger partial charge in [0.1, 0.15) is 18.2 Å². The van der Waals surface area contributed by atoms with Gasteiger partial charge in [-0.2, -0.15) is 13.2 Å². The topological polar surface area (TPSA) is 75.7 Å². The Balaban J connectivity index is 1.82. The average Bonchev–Trinajstić information content (AvgIpc) is 3.52. The van der Waals surface area contributed by atoms with Crippen LogP contribution in [0.1, 0.15) is 64.0 Å². The lowest BCUT2D eigenvalue weighted by Crippen LogP contribution is -2.49. The van der Waals surface area contributed by atoms with E-state index >= 15 is 8.78 Å². The van der Waals surface area contributed by atoms with Gasteiger partial charge in [-0.3, -0.25) is 19.3 Å². The van der Waals surface area contributed by atoms with E-state index in [9.17, 15) is 27.6 Å². The van der Waals surface area contributed by atoms with Gasteiger partial charge in [-0.05, 0) is 58.1 Å². The zero-order chi connectivity index (χ0) is 25.6. The molecule has 0 unspecified atom stereocenters. The van der Waals surface area contributed by atoms with Crippen LogP contribution in [0.2, 0.25) is 0 Å². The number of halogens is 5. The average molecular weight is 490 g/mol. The van der Waals surface area contributed by atoms with E-state index in [0.29, 0.717) is 12.8 Å². The van der Waals surface area contributed by atoms with Crippen LogP contribution in [0.4, 0.5) is 27.6 Å². The van der Waals surface area contributed by atoms with Gasteiger partial charge in [0.15, 0.2) is 0 Å². The molecule has 0 saturated heterocycles. The van der Waals surface area contributed by atoms with Gasteiger partial charge in [0, 0.05) is 11.6 Å². The predicted molar refractivity (Wildman–Crippen MR) is 112 cm³/mol. The predicted octanol–water partition coefficient (Wildman–Crippen LogP) is 4.10. The number of ether oxygens (including phenoxy) is 1. The first-order valence-corrected chi connectivity index (χ1v) is 11.1. The summed E-state index contributed by atoms with van der Waals surface area (Å²) >= 11 is 0. The molecule has 1 fully saturated rings. The summed E-state index contributed by atoms with van der Waals surface area (Å²) in [7, 11) is 0. The summed E-state index contributed by atoms with van der Waals surface area (Å²) < 4.78 is 75.3. The van der Waals surface area contributed by atoms with E-state index in [2.05, 4.69) is 10.1 Å². The first kappa shape index (κ1) is 25.9. The van der Waals surface area contributed by atoms with Crippen molar-refractivity contribution >= 4 is 23.5 Å². The Morgan fingerprint density at radius 2 is 1.88 bits per heavy atom. The molecule has 1 N–H and O–H groups in total. The zero-order valence-corrected chi connectivity index (χ0v) is 19.3. The fraction of sp³-hybridized carbons (Fsp3) is 0.609. The number of nitrogens with zero attached hydrogens (tertiary/aromatic N) is 1. The number of fused-ring (bicyclic) bond motifs is 1. The molecule has 6 nitrogen and oxygen atoms in total. The minimum absolute atomic E-state index is 0.0962. The molecule has 2 aliphatic rings. The lowest BCUT2D eigenvalue weighted by Gasteiger charge is -2.27. The van der Waals surface area contributed by atoms with Crippen molar-refractivity contribution in [3.8, 4) is 0 Å². The van der Waals surface area contributed by atoms with E-state index in [4.69, 9.17) is 0 Å². The van der Waals surface area contributed by atoms with E-state index in [0.717, 1.165) is 17.9 Å². The number of esters is 1. The highest BCUT2D eigenvalue weighted by Gasteiger charge is 2.50. The second-order valence-electron chi connectivity index (χ2n) is 9.29. The molecule has 1 aromatic carbocycles. The van der Waals surface area contributed by atoms with Crippen LogP contribution in [0.25, 0.3) is 0 Å². The number of alkyl halides is 3. The van der Waals surface area contributed by atoms with Crippen molar-refractivity contribution in [1.82, 2.24) is 5.32 Å². The fourth-order valence-corrected chi connectivity index (χ4v) is 4.38. The molecule has 1 aliphatic carbocycles. The summed E-state index contributed by atoms with van der Waals surface area (Å²) in [6.07, 6.45) is -4.40. The normalized spacial score (nSPS) is 19.0. The molecule has 11 heteroatoms. The molecule has 2 atom stereocenters. The first-order valence-electron chi connectivity index (χ1n) is 11.1. The van der Waals surface area contributed by atoms with Crippen LogP contribution in [-0.4, -0.2) is 43.2 Å². The lowest BCUT2D eigenvalue weighted by molar-refractivity contribution is -0.190. The minimum Gasteiger partial charge on any atom is -0.466 e. The Hall–Kier alpha value is -2.72. The maximum absolute atomic E-state index is 15.2. The highest BCUT2D eigenvalue weighted by Crippen LogP contribution is 2.50. The van der Waals surface area contributed by atoms with Crippen LogP contribution in [-0.2, 0) is 24.5 Å². The molecular weight excluding hydrogens is 463 g/mol. The van der Waals surface area contributed by atoms with Gasteiger partial charge in [0.25, 0.3) is 0 Å². The van der Waals surface area contributed by atoms with Crippen LogP contribution < -0.4 is 10.2 Å². The van der Waals surface area contributed by atoms with Crippen LogP contribution in [0.15, 0.2) is 6.07 Å². The third kappa shape index (κ3) is 4.88. The maximum Gasteiger partial charge on any atom is 0.394 e. The van der Waals surface area contributed by atoms with E-state index in [-0.39, 0.29) is 29.3 Å². The fourth-order valence-electron chi connectivity index (χ4n) is 4.38. The molecule has 188 valence electrons. The monoisotopic (exact) mass is 490 g/mol. The molecule has 34 heavy (non-hydrogen) atoms.